The van der Waals surface area contributed by atoms with Crippen molar-refractivity contribution in [2.24, 2.45) is 0 Å². The number of ether oxygens (including phenoxy) is 1. The first-order valence-electron chi connectivity index (χ1n) is 11.9. The second-order valence-corrected chi connectivity index (χ2v) is 9.51. The summed E-state index contributed by atoms with van der Waals surface area (Å²) >= 11 is 12.2. The number of hydrogen-bond donors (Lipinski definition) is 1. The van der Waals surface area contributed by atoms with E-state index in [-0.39, 0.29) is 30.8 Å². The van der Waals surface area contributed by atoms with Crippen LogP contribution in [0.1, 0.15) is 10.4 Å². The molecule has 0 spiro atoms. The van der Waals surface area contributed by atoms with Crippen LogP contribution in [0.15, 0.2) is 79.0 Å². The molecule has 5 rings (SSSR count). The predicted octanol–water partition coefficient (Wildman–Crippen LogP) is 7.11. The van der Waals surface area contributed by atoms with E-state index in [2.05, 4.69) is 26.2 Å². The van der Waals surface area contributed by atoms with E-state index in [1.165, 1.54) is 0 Å². The smallest absolute Gasteiger partial charge is 0.340 e. The fourth-order valence-electron chi connectivity index (χ4n) is 4.39. The molecule has 4 aromatic rings. The molecular formula is C28H28Cl4N4O2. The van der Waals surface area contributed by atoms with Gasteiger partial charge in [-0.25, -0.2) is 4.79 Å². The van der Waals surface area contributed by atoms with Crippen LogP contribution in [0.25, 0.3) is 10.9 Å². The van der Waals surface area contributed by atoms with Gasteiger partial charge in [0.05, 0.1) is 16.8 Å². The third-order valence-corrected chi connectivity index (χ3v) is 6.78. The Morgan fingerprint density at radius 1 is 0.868 bits per heavy atom. The summed E-state index contributed by atoms with van der Waals surface area (Å²) in [7, 11) is 0. The zero-order chi connectivity index (χ0) is 24.9. The van der Waals surface area contributed by atoms with Crippen molar-refractivity contribution in [1.82, 2.24) is 9.88 Å². The number of esters is 1. The van der Waals surface area contributed by atoms with Crippen molar-refractivity contribution in [1.29, 1.82) is 0 Å². The van der Waals surface area contributed by atoms with Crippen LogP contribution in [0.5, 0.6) is 0 Å². The molecule has 6 nitrogen and oxygen atoms in total. The molecule has 0 amide bonds. The molecule has 0 atom stereocenters. The third-order valence-electron chi connectivity index (χ3n) is 6.31. The number of nitrogens with one attached hydrogen (secondary N) is 1. The number of piperazine rings is 1. The van der Waals surface area contributed by atoms with Gasteiger partial charge in [-0.05, 0) is 54.6 Å². The number of nitrogens with zero attached hydrogens (tertiary/aromatic N) is 3. The van der Waals surface area contributed by atoms with Crippen LogP contribution in [0.4, 0.5) is 17.1 Å². The van der Waals surface area contributed by atoms with Gasteiger partial charge in [0.1, 0.15) is 6.61 Å². The maximum absolute atomic E-state index is 12.9. The Labute approximate surface area is 244 Å². The molecule has 1 saturated heterocycles. The number of carbonyl (C=O) groups excluding carboxylic acids is 1. The standard InChI is InChI=1S/C28H26Cl2N4O2.2ClH/c29-20-4-3-5-22(18-20)34-14-12-33(13-15-34)16-17-36-28(35)24-6-1-2-7-25(24)32-26-10-11-31-27-19-21(30)8-9-23(26)27;;/h1-11,18-19H,12-17H2,(H,31,32);2*1H. The fourth-order valence-corrected chi connectivity index (χ4v) is 4.74. The number of pyridine rings is 1. The lowest BCUT2D eigenvalue weighted by Crippen LogP contribution is -2.47. The largest absolute Gasteiger partial charge is 0.461 e. The molecule has 3 aromatic carbocycles. The topological polar surface area (TPSA) is 57.7 Å². The van der Waals surface area contributed by atoms with Crippen molar-refractivity contribution < 1.29 is 9.53 Å². The summed E-state index contributed by atoms with van der Waals surface area (Å²) in [5.74, 6) is -0.350. The summed E-state index contributed by atoms with van der Waals surface area (Å²) in [4.78, 5) is 22.0. The molecule has 0 aliphatic carbocycles. The van der Waals surface area contributed by atoms with Gasteiger partial charge in [-0.2, -0.15) is 0 Å². The summed E-state index contributed by atoms with van der Waals surface area (Å²) < 4.78 is 5.66. The number of para-hydroxylation sites is 1. The number of carbonyl (C=O) groups is 1. The van der Waals surface area contributed by atoms with E-state index < -0.39 is 0 Å². The van der Waals surface area contributed by atoms with Crippen LogP contribution in [-0.2, 0) is 4.74 Å². The first kappa shape index (κ1) is 29.8. The van der Waals surface area contributed by atoms with Gasteiger partial charge in [0.2, 0.25) is 0 Å². The molecule has 38 heavy (non-hydrogen) atoms. The van der Waals surface area contributed by atoms with Crippen LogP contribution in [0, 0.1) is 0 Å². The molecule has 1 aliphatic rings. The Bertz CT molecular complexity index is 1380. The van der Waals surface area contributed by atoms with Crippen molar-refractivity contribution in [2.75, 3.05) is 49.5 Å². The number of anilines is 3. The highest BCUT2D eigenvalue weighted by Gasteiger charge is 2.19. The second-order valence-electron chi connectivity index (χ2n) is 8.64. The summed E-state index contributed by atoms with van der Waals surface area (Å²) in [6.45, 7) is 4.66. The number of benzene rings is 3. The average Bonchev–Trinajstić information content (AvgIpc) is 2.89. The molecule has 0 bridgehead atoms. The molecule has 1 aliphatic heterocycles. The van der Waals surface area contributed by atoms with Gasteiger partial charge >= 0.3 is 5.97 Å². The van der Waals surface area contributed by atoms with Crippen LogP contribution in [0.2, 0.25) is 10.0 Å². The minimum absolute atomic E-state index is 0. The lowest BCUT2D eigenvalue weighted by Gasteiger charge is -2.36. The Morgan fingerprint density at radius 3 is 2.42 bits per heavy atom. The molecule has 0 saturated carbocycles. The van der Waals surface area contributed by atoms with E-state index in [1.54, 1.807) is 12.3 Å². The zero-order valence-electron chi connectivity index (χ0n) is 20.5. The minimum Gasteiger partial charge on any atom is -0.461 e. The van der Waals surface area contributed by atoms with E-state index >= 15 is 0 Å². The summed E-state index contributed by atoms with van der Waals surface area (Å²) in [6.07, 6.45) is 1.72. The van der Waals surface area contributed by atoms with Gasteiger partial charge in [0, 0.05) is 65.7 Å². The number of halogens is 4. The molecule has 1 fully saturated rings. The van der Waals surface area contributed by atoms with E-state index in [0.29, 0.717) is 29.4 Å². The number of aromatic nitrogens is 1. The Hall–Kier alpha value is -2.74. The van der Waals surface area contributed by atoms with E-state index in [4.69, 9.17) is 27.9 Å². The van der Waals surface area contributed by atoms with Crippen molar-refractivity contribution in [3.63, 3.8) is 0 Å². The van der Waals surface area contributed by atoms with Crippen LogP contribution >= 0.6 is 48.0 Å². The minimum atomic E-state index is -0.350. The highest BCUT2D eigenvalue weighted by Crippen LogP contribution is 2.29. The molecule has 0 unspecified atom stereocenters. The molecule has 200 valence electrons. The van der Waals surface area contributed by atoms with Crippen LogP contribution < -0.4 is 10.2 Å². The molecule has 2 heterocycles. The van der Waals surface area contributed by atoms with E-state index in [0.717, 1.165) is 53.5 Å². The van der Waals surface area contributed by atoms with Crippen molar-refractivity contribution >= 4 is 82.0 Å². The van der Waals surface area contributed by atoms with Gasteiger partial charge < -0.3 is 15.0 Å². The molecule has 1 N–H and O–H groups in total. The van der Waals surface area contributed by atoms with Crippen molar-refractivity contribution in [3.05, 3.63) is 94.6 Å². The van der Waals surface area contributed by atoms with Crippen molar-refractivity contribution in [2.45, 2.75) is 0 Å². The van der Waals surface area contributed by atoms with E-state index in [1.807, 2.05) is 60.7 Å². The molecular weight excluding hydrogens is 566 g/mol. The normalized spacial score (nSPS) is 13.4. The number of rotatable bonds is 7. The monoisotopic (exact) mass is 592 g/mol. The van der Waals surface area contributed by atoms with Gasteiger partial charge in [-0.3, -0.25) is 9.88 Å². The van der Waals surface area contributed by atoms with Gasteiger partial charge in [-0.15, -0.1) is 24.8 Å². The quantitative estimate of drug-likeness (QED) is 0.230. The van der Waals surface area contributed by atoms with Crippen LogP contribution in [0.3, 0.4) is 0 Å². The van der Waals surface area contributed by atoms with Crippen LogP contribution in [-0.4, -0.2) is 55.2 Å². The lowest BCUT2D eigenvalue weighted by atomic mass is 10.1. The Balaban J connectivity index is 0.00000200. The lowest BCUT2D eigenvalue weighted by molar-refractivity contribution is 0.0460. The highest BCUT2D eigenvalue weighted by molar-refractivity contribution is 6.31. The second kappa shape index (κ2) is 13.9. The summed E-state index contributed by atoms with van der Waals surface area (Å²) in [5, 5.41) is 5.66. The fraction of sp³-hybridized carbons (Fsp3) is 0.214. The predicted molar refractivity (Wildman–Crippen MR) is 161 cm³/mol. The molecule has 0 radical (unpaired) electrons. The van der Waals surface area contributed by atoms with Gasteiger partial charge in [0.15, 0.2) is 0 Å². The third kappa shape index (κ3) is 7.22. The summed E-state index contributed by atoms with van der Waals surface area (Å²) in [6, 6.07) is 22.7. The average molecular weight is 594 g/mol. The maximum Gasteiger partial charge on any atom is 0.340 e. The first-order valence-corrected chi connectivity index (χ1v) is 12.6. The Morgan fingerprint density at radius 2 is 1.63 bits per heavy atom. The first-order chi connectivity index (χ1) is 17.6. The van der Waals surface area contributed by atoms with E-state index in [9.17, 15) is 4.79 Å². The SMILES string of the molecule is Cl.Cl.O=C(OCCN1CCN(c2cccc(Cl)c2)CC1)c1ccccc1Nc1ccnc2cc(Cl)ccc12. The van der Waals surface area contributed by atoms with Gasteiger partial charge in [-0.1, -0.05) is 41.4 Å². The van der Waals surface area contributed by atoms with Gasteiger partial charge in [0.25, 0.3) is 0 Å². The maximum atomic E-state index is 12.9. The molecule has 1 aromatic heterocycles. The number of fused-ring (bicyclic) bond motifs is 1. The summed E-state index contributed by atoms with van der Waals surface area (Å²) in [5.41, 5.74) is 3.93. The van der Waals surface area contributed by atoms with Crippen molar-refractivity contribution in [3.8, 4) is 0 Å². The molecule has 10 heteroatoms. The highest BCUT2D eigenvalue weighted by atomic mass is 35.5. The Kier molecular flexibility index (Phi) is 10.9. The zero-order valence-corrected chi connectivity index (χ0v) is 23.6. The number of hydrogen-bond acceptors (Lipinski definition) is 6.